The van der Waals surface area contributed by atoms with Gasteiger partial charge >= 0.3 is 0 Å². The molecule has 0 atom stereocenters. The van der Waals surface area contributed by atoms with Gasteiger partial charge in [0, 0.05) is 31.8 Å². The molecule has 2 aromatic rings. The highest BCUT2D eigenvalue weighted by molar-refractivity contribution is 7.99. The number of fused-ring (bicyclic) bond motifs is 1. The fourth-order valence-electron chi connectivity index (χ4n) is 1.50. The minimum Gasteiger partial charge on any atom is -0.361 e. The van der Waals surface area contributed by atoms with Crippen LogP contribution in [0, 0.1) is 4.51 Å². The maximum absolute atomic E-state index is 5.26. The molecule has 0 fully saturated rings. The first-order valence-corrected chi connectivity index (χ1v) is 6.24. The van der Waals surface area contributed by atoms with Crippen LogP contribution in [0.1, 0.15) is 13.8 Å². The van der Waals surface area contributed by atoms with Crippen LogP contribution in [0.4, 0.5) is 0 Å². The van der Waals surface area contributed by atoms with Gasteiger partial charge in [0.25, 0.3) is 0 Å². The van der Waals surface area contributed by atoms with Crippen LogP contribution < -0.4 is 0 Å². The molecular formula is C12H13NS2. The topological polar surface area (TPSA) is 15.8 Å². The van der Waals surface area contributed by atoms with Gasteiger partial charge in [-0.3, -0.25) is 0 Å². The normalized spacial score (nSPS) is 11.1. The number of hydrogen-bond donors (Lipinski definition) is 1. The predicted molar refractivity (Wildman–Crippen MR) is 70.1 cm³/mol. The molecule has 15 heavy (non-hydrogen) atoms. The van der Waals surface area contributed by atoms with Crippen molar-refractivity contribution < 1.29 is 0 Å². The second-order valence-electron chi connectivity index (χ2n) is 3.72. The average Bonchev–Trinajstić information content (AvgIpc) is 2.17. The summed E-state index contributed by atoms with van der Waals surface area (Å²) in [6, 6.07) is 8.32. The van der Waals surface area contributed by atoms with Crippen molar-refractivity contribution in [3.63, 3.8) is 0 Å². The van der Waals surface area contributed by atoms with Crippen LogP contribution in [0.2, 0.25) is 0 Å². The molecular weight excluding hydrogens is 222 g/mol. The quantitative estimate of drug-likeness (QED) is 0.613. The molecule has 1 heterocycles. The van der Waals surface area contributed by atoms with E-state index >= 15 is 0 Å². The summed E-state index contributed by atoms with van der Waals surface area (Å²) in [5, 5.41) is 1.73. The number of aromatic nitrogens is 1. The Balaban J connectivity index is 2.52. The van der Waals surface area contributed by atoms with Crippen LogP contribution in [0.15, 0.2) is 35.4 Å². The lowest BCUT2D eigenvalue weighted by molar-refractivity contribution is 1.11. The summed E-state index contributed by atoms with van der Waals surface area (Å²) in [5.41, 5.74) is 1.12. The molecule has 0 aliphatic heterocycles. The van der Waals surface area contributed by atoms with Crippen LogP contribution >= 0.6 is 24.0 Å². The van der Waals surface area contributed by atoms with E-state index in [2.05, 4.69) is 37.0 Å². The van der Waals surface area contributed by atoms with Crippen molar-refractivity contribution in [1.82, 2.24) is 4.98 Å². The third-order valence-electron chi connectivity index (χ3n) is 2.10. The number of benzene rings is 1. The van der Waals surface area contributed by atoms with Gasteiger partial charge in [-0.25, -0.2) is 0 Å². The van der Waals surface area contributed by atoms with Gasteiger partial charge in [0.1, 0.15) is 0 Å². The van der Waals surface area contributed by atoms with Crippen molar-refractivity contribution in [1.29, 1.82) is 0 Å². The van der Waals surface area contributed by atoms with E-state index in [1.54, 1.807) is 0 Å². The Bertz CT molecular complexity index is 528. The van der Waals surface area contributed by atoms with E-state index in [9.17, 15) is 0 Å². The van der Waals surface area contributed by atoms with Gasteiger partial charge in [-0.1, -0.05) is 32.1 Å². The Labute approximate surface area is 98.9 Å². The molecule has 2 rings (SSSR count). The highest BCUT2D eigenvalue weighted by Gasteiger charge is 2.00. The van der Waals surface area contributed by atoms with Crippen molar-refractivity contribution in [2.45, 2.75) is 24.0 Å². The molecule has 1 nitrogen and oxygen atoms in total. The third-order valence-corrected chi connectivity index (χ3v) is 3.46. The summed E-state index contributed by atoms with van der Waals surface area (Å²) in [6.07, 6.45) is 1.90. The Morgan fingerprint density at radius 2 is 2.07 bits per heavy atom. The molecule has 0 radical (unpaired) electrons. The van der Waals surface area contributed by atoms with Crippen LogP contribution in [0.5, 0.6) is 0 Å². The number of pyridine rings is 1. The first kappa shape index (κ1) is 10.7. The Morgan fingerprint density at radius 1 is 1.27 bits per heavy atom. The van der Waals surface area contributed by atoms with Gasteiger partial charge in [0.2, 0.25) is 0 Å². The zero-order valence-electron chi connectivity index (χ0n) is 8.78. The summed E-state index contributed by atoms with van der Waals surface area (Å²) in [5.74, 6) is 0. The SMILES string of the molecule is CC(C)Sc1ccc2c(=S)cc[nH]c2c1. The lowest BCUT2D eigenvalue weighted by Gasteiger charge is -2.06. The van der Waals surface area contributed by atoms with Gasteiger partial charge in [0.05, 0.1) is 0 Å². The summed E-state index contributed by atoms with van der Waals surface area (Å²) in [4.78, 5) is 4.51. The molecule has 3 heteroatoms. The van der Waals surface area contributed by atoms with Crippen molar-refractivity contribution in [2.75, 3.05) is 0 Å². The molecule has 0 aliphatic rings. The summed E-state index contributed by atoms with van der Waals surface area (Å²) in [7, 11) is 0. The van der Waals surface area contributed by atoms with Crippen molar-refractivity contribution >= 4 is 34.9 Å². The van der Waals surface area contributed by atoms with E-state index < -0.39 is 0 Å². The second-order valence-corrected chi connectivity index (χ2v) is 5.81. The van der Waals surface area contributed by atoms with Gasteiger partial charge in [-0.05, 0) is 18.2 Å². The largest absolute Gasteiger partial charge is 0.361 e. The van der Waals surface area contributed by atoms with Gasteiger partial charge in [0.15, 0.2) is 0 Å². The molecule has 0 spiro atoms. The minimum absolute atomic E-state index is 0.606. The summed E-state index contributed by atoms with van der Waals surface area (Å²) < 4.78 is 0.907. The number of hydrogen-bond acceptors (Lipinski definition) is 2. The molecule has 78 valence electrons. The molecule has 0 aliphatic carbocycles. The zero-order valence-corrected chi connectivity index (χ0v) is 10.4. The second kappa shape index (κ2) is 4.37. The van der Waals surface area contributed by atoms with Crippen molar-refractivity contribution in [3.05, 3.63) is 35.0 Å². The number of thioether (sulfide) groups is 1. The number of rotatable bonds is 2. The predicted octanol–water partition coefficient (Wildman–Crippen LogP) is 4.40. The number of aromatic amines is 1. The highest BCUT2D eigenvalue weighted by atomic mass is 32.2. The van der Waals surface area contributed by atoms with Crippen LogP contribution in [-0.2, 0) is 0 Å². The van der Waals surface area contributed by atoms with Gasteiger partial charge < -0.3 is 4.98 Å². The van der Waals surface area contributed by atoms with E-state index in [1.807, 2.05) is 24.0 Å². The van der Waals surface area contributed by atoms with E-state index in [0.29, 0.717) is 5.25 Å². The molecule has 0 bridgehead atoms. The molecule has 0 saturated heterocycles. The average molecular weight is 235 g/mol. The molecule has 0 saturated carbocycles. The third kappa shape index (κ3) is 2.41. The molecule has 0 amide bonds. The maximum Gasteiger partial charge on any atom is 0.0484 e. The van der Waals surface area contributed by atoms with E-state index in [4.69, 9.17) is 12.2 Å². The lowest BCUT2D eigenvalue weighted by Crippen LogP contribution is -1.86. The number of nitrogens with one attached hydrogen (secondary N) is 1. The summed E-state index contributed by atoms with van der Waals surface area (Å²) in [6.45, 7) is 4.39. The Morgan fingerprint density at radius 3 is 2.80 bits per heavy atom. The Kier molecular flexibility index (Phi) is 3.12. The highest BCUT2D eigenvalue weighted by Crippen LogP contribution is 2.26. The first-order valence-electron chi connectivity index (χ1n) is 4.95. The van der Waals surface area contributed by atoms with Crippen LogP contribution in [0.25, 0.3) is 10.9 Å². The lowest BCUT2D eigenvalue weighted by atomic mass is 10.2. The minimum atomic E-state index is 0.606. The first-order chi connectivity index (χ1) is 7.16. The maximum atomic E-state index is 5.26. The zero-order chi connectivity index (χ0) is 10.8. The molecule has 1 aromatic carbocycles. The fraction of sp³-hybridized carbons (Fsp3) is 0.250. The van der Waals surface area contributed by atoms with Crippen LogP contribution in [0.3, 0.4) is 0 Å². The van der Waals surface area contributed by atoms with E-state index in [1.165, 1.54) is 4.90 Å². The smallest absolute Gasteiger partial charge is 0.0484 e. The Hall–Kier alpha value is -0.800. The van der Waals surface area contributed by atoms with Crippen LogP contribution in [-0.4, -0.2) is 10.2 Å². The standard InChI is InChI=1S/C12H13NS2/c1-8(2)15-9-3-4-10-11(7-9)13-6-5-12(10)14/h3-8H,1-2H3,(H,13,14). The number of H-pyrrole nitrogens is 1. The van der Waals surface area contributed by atoms with Crippen molar-refractivity contribution in [2.24, 2.45) is 0 Å². The van der Waals surface area contributed by atoms with Gasteiger partial charge in [-0.15, -0.1) is 11.8 Å². The van der Waals surface area contributed by atoms with E-state index in [0.717, 1.165) is 15.4 Å². The van der Waals surface area contributed by atoms with E-state index in [-0.39, 0.29) is 0 Å². The monoisotopic (exact) mass is 235 g/mol. The molecule has 1 N–H and O–H groups in total. The van der Waals surface area contributed by atoms with Crippen molar-refractivity contribution in [3.8, 4) is 0 Å². The molecule has 1 aromatic heterocycles. The molecule has 0 unspecified atom stereocenters. The fourth-order valence-corrected chi connectivity index (χ4v) is 2.62. The summed E-state index contributed by atoms with van der Waals surface area (Å²) >= 11 is 7.12. The van der Waals surface area contributed by atoms with Gasteiger partial charge in [-0.2, -0.15) is 0 Å².